The van der Waals surface area contributed by atoms with Crippen LogP contribution in [0.25, 0.3) is 0 Å². The summed E-state index contributed by atoms with van der Waals surface area (Å²) in [5.41, 5.74) is 2.31. The molecule has 1 fully saturated rings. The van der Waals surface area contributed by atoms with Gasteiger partial charge in [-0.25, -0.2) is 8.42 Å². The van der Waals surface area contributed by atoms with Gasteiger partial charge in [-0.05, 0) is 31.9 Å². The van der Waals surface area contributed by atoms with E-state index in [2.05, 4.69) is 39.5 Å². The molecule has 1 aliphatic rings. The summed E-state index contributed by atoms with van der Waals surface area (Å²) in [5.74, 6) is 0.811. The van der Waals surface area contributed by atoms with Crippen molar-refractivity contribution in [1.29, 1.82) is 0 Å². The summed E-state index contributed by atoms with van der Waals surface area (Å²) in [6, 6.07) is 8.31. The number of guanidine groups is 1. The molecule has 30 heavy (non-hydrogen) atoms. The molecular formula is C21H36N4O4S. The van der Waals surface area contributed by atoms with E-state index in [0.29, 0.717) is 45.9 Å². The van der Waals surface area contributed by atoms with Crippen LogP contribution in [0.1, 0.15) is 31.9 Å². The molecule has 1 heterocycles. The fourth-order valence-corrected chi connectivity index (χ4v) is 4.47. The van der Waals surface area contributed by atoms with Gasteiger partial charge in [0.2, 0.25) is 10.0 Å². The summed E-state index contributed by atoms with van der Waals surface area (Å²) in [6.07, 6.45) is 0.0346. The maximum Gasteiger partial charge on any atom is 0.216 e. The normalized spacial score (nSPS) is 16.3. The molecule has 2 rings (SSSR count). The number of hydrogen-bond acceptors (Lipinski definition) is 5. The van der Waals surface area contributed by atoms with Crippen LogP contribution in [0.4, 0.5) is 0 Å². The summed E-state index contributed by atoms with van der Waals surface area (Å²) in [4.78, 5) is 6.46. The number of aliphatic imine (C=N–C) groups is 1. The first kappa shape index (κ1) is 24.6. The summed E-state index contributed by atoms with van der Waals surface area (Å²) < 4.78 is 37.3. The highest BCUT2D eigenvalue weighted by Gasteiger charge is 2.27. The standard InChI is InChI=1S/C21H36N4O4S/c1-5-28-17-20-8-6-19(7-9-20)16-23-21(22-4)24-10-12-25(13-11-24)30(26,27)15-14-29-18(2)3/h6-9,18H,5,10-17H2,1-4H3,(H,22,23). The summed E-state index contributed by atoms with van der Waals surface area (Å²) in [6.45, 7) is 10.1. The van der Waals surface area contributed by atoms with Gasteiger partial charge in [-0.3, -0.25) is 4.99 Å². The zero-order valence-electron chi connectivity index (χ0n) is 18.6. The Bertz CT molecular complexity index is 758. The van der Waals surface area contributed by atoms with E-state index >= 15 is 0 Å². The molecule has 0 bridgehead atoms. The molecule has 1 aliphatic heterocycles. The molecule has 1 N–H and O–H groups in total. The second-order valence-corrected chi connectivity index (χ2v) is 9.56. The van der Waals surface area contributed by atoms with Gasteiger partial charge in [0.15, 0.2) is 5.96 Å². The lowest BCUT2D eigenvalue weighted by Gasteiger charge is -2.35. The van der Waals surface area contributed by atoms with Gasteiger partial charge in [0.25, 0.3) is 0 Å². The minimum atomic E-state index is -3.29. The number of nitrogens with one attached hydrogen (secondary N) is 1. The van der Waals surface area contributed by atoms with Crippen molar-refractivity contribution in [3.8, 4) is 0 Å². The van der Waals surface area contributed by atoms with E-state index in [1.807, 2.05) is 20.8 Å². The van der Waals surface area contributed by atoms with E-state index in [-0.39, 0.29) is 18.5 Å². The number of piperazine rings is 1. The predicted octanol–water partition coefficient (Wildman–Crippen LogP) is 1.67. The molecule has 0 saturated carbocycles. The first-order valence-electron chi connectivity index (χ1n) is 10.6. The lowest BCUT2D eigenvalue weighted by molar-refractivity contribution is 0.0904. The van der Waals surface area contributed by atoms with Crippen molar-refractivity contribution in [2.45, 2.75) is 40.0 Å². The fourth-order valence-electron chi connectivity index (χ4n) is 3.18. The van der Waals surface area contributed by atoms with E-state index in [4.69, 9.17) is 9.47 Å². The van der Waals surface area contributed by atoms with Crippen LogP contribution in [0, 0.1) is 0 Å². The quantitative estimate of drug-likeness (QED) is 0.440. The average Bonchev–Trinajstić information content (AvgIpc) is 2.73. The second-order valence-electron chi connectivity index (χ2n) is 7.48. The molecule has 1 aromatic carbocycles. The molecule has 170 valence electrons. The van der Waals surface area contributed by atoms with Crippen molar-refractivity contribution in [1.82, 2.24) is 14.5 Å². The molecule has 0 aliphatic carbocycles. The Morgan fingerprint density at radius 2 is 1.77 bits per heavy atom. The minimum Gasteiger partial charge on any atom is -0.378 e. The average molecular weight is 441 g/mol. The van der Waals surface area contributed by atoms with E-state index in [1.165, 1.54) is 0 Å². The zero-order chi connectivity index (χ0) is 22.0. The van der Waals surface area contributed by atoms with Gasteiger partial charge in [-0.1, -0.05) is 24.3 Å². The topological polar surface area (TPSA) is 83.5 Å². The third-order valence-electron chi connectivity index (χ3n) is 4.88. The lowest BCUT2D eigenvalue weighted by atomic mass is 10.1. The van der Waals surface area contributed by atoms with Gasteiger partial charge in [0.05, 0.1) is 25.1 Å². The third kappa shape index (κ3) is 7.86. The predicted molar refractivity (Wildman–Crippen MR) is 120 cm³/mol. The van der Waals surface area contributed by atoms with Crippen LogP contribution >= 0.6 is 0 Å². The number of hydrogen-bond donors (Lipinski definition) is 1. The van der Waals surface area contributed by atoms with Crippen molar-refractivity contribution in [3.05, 3.63) is 35.4 Å². The monoisotopic (exact) mass is 440 g/mol. The van der Waals surface area contributed by atoms with Gasteiger partial charge in [0.1, 0.15) is 0 Å². The largest absolute Gasteiger partial charge is 0.378 e. The lowest BCUT2D eigenvalue weighted by Crippen LogP contribution is -2.54. The third-order valence-corrected chi connectivity index (χ3v) is 6.72. The van der Waals surface area contributed by atoms with Gasteiger partial charge < -0.3 is 19.7 Å². The second kappa shape index (κ2) is 12.2. The maximum atomic E-state index is 12.5. The van der Waals surface area contributed by atoms with Crippen molar-refractivity contribution in [3.63, 3.8) is 0 Å². The van der Waals surface area contributed by atoms with Crippen molar-refractivity contribution < 1.29 is 17.9 Å². The first-order chi connectivity index (χ1) is 14.4. The van der Waals surface area contributed by atoms with Crippen molar-refractivity contribution in [2.24, 2.45) is 4.99 Å². The summed E-state index contributed by atoms with van der Waals surface area (Å²) in [5, 5.41) is 3.38. The number of nitrogens with zero attached hydrogens (tertiary/aromatic N) is 3. The Labute approximate surface area is 181 Å². The Kier molecular flexibility index (Phi) is 10.0. The van der Waals surface area contributed by atoms with Gasteiger partial charge in [-0.15, -0.1) is 0 Å². The highest BCUT2D eigenvalue weighted by atomic mass is 32.2. The van der Waals surface area contributed by atoms with Crippen LogP contribution in [-0.4, -0.2) is 81.9 Å². The molecule has 0 aromatic heterocycles. The Hall–Kier alpha value is -1.68. The molecule has 0 unspecified atom stereocenters. The van der Waals surface area contributed by atoms with Crippen LogP contribution in [0.5, 0.6) is 0 Å². The van der Waals surface area contributed by atoms with Crippen LogP contribution in [0.15, 0.2) is 29.3 Å². The fraction of sp³-hybridized carbons (Fsp3) is 0.667. The van der Waals surface area contributed by atoms with Crippen molar-refractivity contribution >= 4 is 16.0 Å². The zero-order valence-corrected chi connectivity index (χ0v) is 19.5. The molecule has 8 nitrogen and oxygen atoms in total. The SMILES string of the molecule is CCOCc1ccc(CNC(=NC)N2CCN(S(=O)(=O)CCOC(C)C)CC2)cc1. The summed E-state index contributed by atoms with van der Waals surface area (Å²) >= 11 is 0. The van der Waals surface area contributed by atoms with Crippen LogP contribution in [-0.2, 0) is 32.6 Å². The highest BCUT2D eigenvalue weighted by Crippen LogP contribution is 2.10. The molecular weight excluding hydrogens is 404 g/mol. The molecule has 1 saturated heterocycles. The van der Waals surface area contributed by atoms with E-state index < -0.39 is 10.0 Å². The molecule has 0 atom stereocenters. The number of sulfonamides is 1. The first-order valence-corrected chi connectivity index (χ1v) is 12.2. The molecule has 9 heteroatoms. The van der Waals surface area contributed by atoms with Crippen LogP contribution in [0.2, 0.25) is 0 Å². The van der Waals surface area contributed by atoms with Crippen LogP contribution < -0.4 is 5.32 Å². The maximum absolute atomic E-state index is 12.5. The highest BCUT2D eigenvalue weighted by molar-refractivity contribution is 7.89. The Morgan fingerprint density at radius 1 is 1.13 bits per heavy atom. The molecule has 0 amide bonds. The molecule has 1 aromatic rings. The van der Waals surface area contributed by atoms with Gasteiger partial charge >= 0.3 is 0 Å². The smallest absolute Gasteiger partial charge is 0.216 e. The number of benzene rings is 1. The molecule has 0 radical (unpaired) electrons. The van der Waals surface area contributed by atoms with Crippen LogP contribution in [0.3, 0.4) is 0 Å². The number of rotatable bonds is 10. The van der Waals surface area contributed by atoms with E-state index in [0.717, 1.165) is 17.1 Å². The Morgan fingerprint density at radius 3 is 2.33 bits per heavy atom. The molecule has 0 spiro atoms. The number of ether oxygens (including phenoxy) is 2. The van der Waals surface area contributed by atoms with E-state index in [9.17, 15) is 8.42 Å². The van der Waals surface area contributed by atoms with E-state index in [1.54, 1.807) is 11.4 Å². The van der Waals surface area contributed by atoms with Gasteiger partial charge in [-0.2, -0.15) is 4.31 Å². The summed E-state index contributed by atoms with van der Waals surface area (Å²) in [7, 11) is -1.54. The van der Waals surface area contributed by atoms with Gasteiger partial charge in [0, 0.05) is 46.4 Å². The van der Waals surface area contributed by atoms with Crippen molar-refractivity contribution in [2.75, 3.05) is 52.2 Å². The Balaban J connectivity index is 1.80. The minimum absolute atomic E-state index is 0.0252.